The van der Waals surface area contributed by atoms with Crippen molar-refractivity contribution in [3.63, 3.8) is 0 Å². The van der Waals surface area contributed by atoms with E-state index in [2.05, 4.69) is 5.32 Å². The zero-order chi connectivity index (χ0) is 16.7. The molecule has 0 aliphatic rings. The number of benzene rings is 1. The molecule has 124 valence electrons. The zero-order valence-electron chi connectivity index (χ0n) is 13.8. The maximum Gasteiger partial charge on any atom is 0.323 e. The number of nitrogens with one attached hydrogen (secondary N) is 1. The highest BCUT2D eigenvalue weighted by molar-refractivity contribution is 5.76. The molecule has 1 aromatic rings. The summed E-state index contributed by atoms with van der Waals surface area (Å²) in [6, 6.07) is 4.45. The number of methoxy groups -OCH3 is 3. The Morgan fingerprint density at radius 3 is 2.27 bits per heavy atom. The van der Waals surface area contributed by atoms with Gasteiger partial charge in [0.05, 0.1) is 34.0 Å². The molecule has 0 radical (unpaired) electrons. The average molecular weight is 311 g/mol. The molecule has 22 heavy (non-hydrogen) atoms. The fourth-order valence-corrected chi connectivity index (χ4v) is 2.20. The van der Waals surface area contributed by atoms with Crippen molar-refractivity contribution in [1.29, 1.82) is 0 Å². The molecule has 0 aliphatic heterocycles. The van der Waals surface area contributed by atoms with Crippen molar-refractivity contribution in [3.8, 4) is 11.5 Å². The van der Waals surface area contributed by atoms with Crippen LogP contribution in [0.4, 0.5) is 0 Å². The van der Waals surface area contributed by atoms with E-state index < -0.39 is 12.1 Å². The number of carbonyl (C=O) groups is 1. The van der Waals surface area contributed by atoms with E-state index in [1.807, 2.05) is 19.9 Å². The van der Waals surface area contributed by atoms with Crippen LogP contribution < -0.4 is 14.8 Å². The zero-order valence-corrected chi connectivity index (χ0v) is 13.8. The van der Waals surface area contributed by atoms with E-state index in [1.165, 1.54) is 7.11 Å². The van der Waals surface area contributed by atoms with Crippen LogP contribution in [0.25, 0.3) is 0 Å². The largest absolute Gasteiger partial charge is 0.493 e. The fraction of sp³-hybridized carbons (Fsp3) is 0.562. The molecule has 6 nitrogen and oxygen atoms in total. The molecule has 1 aromatic carbocycles. The van der Waals surface area contributed by atoms with E-state index in [9.17, 15) is 9.90 Å². The minimum absolute atomic E-state index is 0.0293. The van der Waals surface area contributed by atoms with E-state index in [0.29, 0.717) is 11.5 Å². The Hall–Kier alpha value is -1.79. The summed E-state index contributed by atoms with van der Waals surface area (Å²) < 4.78 is 15.3. The molecule has 0 aromatic heterocycles. The molecule has 0 saturated carbocycles. The third-order valence-electron chi connectivity index (χ3n) is 3.50. The summed E-state index contributed by atoms with van der Waals surface area (Å²) >= 11 is 0. The summed E-state index contributed by atoms with van der Waals surface area (Å²) in [7, 11) is 4.46. The van der Waals surface area contributed by atoms with Gasteiger partial charge in [0.15, 0.2) is 11.5 Å². The molecule has 0 fully saturated rings. The first-order chi connectivity index (χ1) is 10.5. The Morgan fingerprint density at radius 2 is 1.82 bits per heavy atom. The van der Waals surface area contributed by atoms with Gasteiger partial charge in [-0.15, -0.1) is 0 Å². The summed E-state index contributed by atoms with van der Waals surface area (Å²) in [6.45, 7) is 3.67. The number of hydrogen-bond acceptors (Lipinski definition) is 6. The fourth-order valence-electron chi connectivity index (χ4n) is 2.20. The summed E-state index contributed by atoms with van der Waals surface area (Å²) in [5.74, 6) is 0.853. The van der Waals surface area contributed by atoms with Crippen molar-refractivity contribution < 1.29 is 24.1 Å². The van der Waals surface area contributed by atoms with Crippen LogP contribution >= 0.6 is 0 Å². The van der Waals surface area contributed by atoms with Crippen molar-refractivity contribution in [1.82, 2.24) is 5.32 Å². The van der Waals surface area contributed by atoms with Gasteiger partial charge in [-0.25, -0.2) is 0 Å². The van der Waals surface area contributed by atoms with Crippen molar-refractivity contribution in [2.24, 2.45) is 5.92 Å². The first kappa shape index (κ1) is 18.3. The number of esters is 1. The maximum atomic E-state index is 11.8. The molecule has 6 heteroatoms. The molecule has 0 spiro atoms. The smallest absolute Gasteiger partial charge is 0.323 e. The number of aliphatic hydroxyl groups is 1. The minimum atomic E-state index is -0.504. The Morgan fingerprint density at radius 1 is 1.18 bits per heavy atom. The Labute approximate surface area is 131 Å². The lowest BCUT2D eigenvalue weighted by Gasteiger charge is -2.26. The van der Waals surface area contributed by atoms with Gasteiger partial charge in [0.1, 0.15) is 6.04 Å². The van der Waals surface area contributed by atoms with Crippen LogP contribution in [0, 0.1) is 5.92 Å². The van der Waals surface area contributed by atoms with E-state index in [4.69, 9.17) is 14.2 Å². The molecule has 0 amide bonds. The summed E-state index contributed by atoms with van der Waals surface area (Å²) in [5.41, 5.74) is 0.801. The third kappa shape index (κ3) is 4.35. The lowest BCUT2D eigenvalue weighted by Crippen LogP contribution is -2.44. The molecular formula is C16H25NO5. The van der Waals surface area contributed by atoms with Crippen LogP contribution in [0.15, 0.2) is 18.2 Å². The molecule has 1 unspecified atom stereocenters. The van der Waals surface area contributed by atoms with E-state index in [-0.39, 0.29) is 18.5 Å². The van der Waals surface area contributed by atoms with Crippen molar-refractivity contribution in [3.05, 3.63) is 23.8 Å². The van der Waals surface area contributed by atoms with E-state index >= 15 is 0 Å². The second-order valence-electron chi connectivity index (χ2n) is 5.26. The van der Waals surface area contributed by atoms with Crippen molar-refractivity contribution in [2.75, 3.05) is 27.9 Å². The second-order valence-corrected chi connectivity index (χ2v) is 5.26. The van der Waals surface area contributed by atoms with Crippen LogP contribution in [-0.2, 0) is 9.53 Å². The average Bonchev–Trinajstić information content (AvgIpc) is 2.54. The van der Waals surface area contributed by atoms with Gasteiger partial charge in [0, 0.05) is 0 Å². The maximum absolute atomic E-state index is 11.8. The van der Waals surface area contributed by atoms with Gasteiger partial charge in [0.2, 0.25) is 0 Å². The highest BCUT2D eigenvalue weighted by Gasteiger charge is 2.26. The number of carbonyl (C=O) groups excluding carboxylic acids is 1. The number of rotatable bonds is 8. The number of ether oxygens (including phenoxy) is 3. The Bertz CT molecular complexity index is 489. The lowest BCUT2D eigenvalue weighted by molar-refractivity contribution is -0.144. The predicted molar refractivity (Wildman–Crippen MR) is 83.2 cm³/mol. The summed E-state index contributed by atoms with van der Waals surface area (Å²) in [6.07, 6.45) is 0. The van der Waals surface area contributed by atoms with Gasteiger partial charge in [-0.05, 0) is 23.6 Å². The molecule has 2 N–H and O–H groups in total. The Balaban J connectivity index is 3.02. The first-order valence-electron chi connectivity index (χ1n) is 7.15. The summed E-state index contributed by atoms with van der Waals surface area (Å²) in [4.78, 5) is 11.8. The quantitative estimate of drug-likeness (QED) is 0.709. The third-order valence-corrected chi connectivity index (χ3v) is 3.50. The molecular weight excluding hydrogens is 286 g/mol. The number of aliphatic hydroxyl groups excluding tert-OH is 1. The monoisotopic (exact) mass is 311 g/mol. The van der Waals surface area contributed by atoms with E-state index in [0.717, 1.165) is 5.56 Å². The molecule has 0 aliphatic carbocycles. The number of hydrogen-bond donors (Lipinski definition) is 2. The molecule has 1 rings (SSSR count). The minimum Gasteiger partial charge on any atom is -0.493 e. The standard InChI is InChI=1S/C16H25NO5/c1-10(2)15(16(19)22-5)17-12(9-18)11-6-7-13(20-3)14(8-11)21-4/h6-8,10,12,15,17-18H,9H2,1-5H3/t12?,15-/m0/s1. The van der Waals surface area contributed by atoms with Gasteiger partial charge in [0.25, 0.3) is 0 Å². The van der Waals surface area contributed by atoms with Crippen LogP contribution in [0.2, 0.25) is 0 Å². The Kier molecular flexibility index (Phi) is 7.14. The van der Waals surface area contributed by atoms with Gasteiger partial charge >= 0.3 is 5.97 Å². The van der Waals surface area contributed by atoms with Crippen LogP contribution in [-0.4, -0.2) is 45.1 Å². The molecule has 0 heterocycles. The highest BCUT2D eigenvalue weighted by Crippen LogP contribution is 2.30. The van der Waals surface area contributed by atoms with Crippen LogP contribution in [0.1, 0.15) is 25.5 Å². The van der Waals surface area contributed by atoms with Crippen LogP contribution in [0.5, 0.6) is 11.5 Å². The van der Waals surface area contributed by atoms with Crippen molar-refractivity contribution >= 4 is 5.97 Å². The second kappa shape index (κ2) is 8.60. The molecule has 0 bridgehead atoms. The molecule has 0 saturated heterocycles. The first-order valence-corrected chi connectivity index (χ1v) is 7.15. The van der Waals surface area contributed by atoms with Crippen molar-refractivity contribution in [2.45, 2.75) is 25.9 Å². The topological polar surface area (TPSA) is 77.0 Å². The SMILES string of the molecule is COC(=O)[C@@H](NC(CO)c1ccc(OC)c(OC)c1)C(C)C. The van der Waals surface area contributed by atoms with Gasteiger partial charge < -0.3 is 19.3 Å². The predicted octanol–water partition coefficient (Wildman–Crippen LogP) is 1.52. The lowest BCUT2D eigenvalue weighted by atomic mass is 10.0. The summed E-state index contributed by atoms with van der Waals surface area (Å²) in [5, 5.41) is 12.8. The van der Waals surface area contributed by atoms with Crippen LogP contribution in [0.3, 0.4) is 0 Å². The highest BCUT2D eigenvalue weighted by atomic mass is 16.5. The van der Waals surface area contributed by atoms with Gasteiger partial charge in [-0.3, -0.25) is 10.1 Å². The molecule has 2 atom stereocenters. The van der Waals surface area contributed by atoms with E-state index in [1.54, 1.807) is 26.4 Å². The van der Waals surface area contributed by atoms with Gasteiger partial charge in [-0.2, -0.15) is 0 Å². The van der Waals surface area contributed by atoms with Gasteiger partial charge in [-0.1, -0.05) is 19.9 Å². The normalized spacial score (nSPS) is 13.6.